The van der Waals surface area contributed by atoms with E-state index in [2.05, 4.69) is 5.32 Å². The van der Waals surface area contributed by atoms with Crippen molar-refractivity contribution >= 4 is 33.6 Å². The fraction of sp³-hybridized carbons (Fsp3) is 0.381. The fourth-order valence-corrected chi connectivity index (χ4v) is 5.34. The molecule has 2 aromatic heterocycles. The monoisotopic (exact) mass is 394 g/mol. The van der Waals surface area contributed by atoms with Crippen LogP contribution in [0.4, 0.5) is 11.4 Å². The third-order valence-corrected chi connectivity index (χ3v) is 6.68. The molecule has 0 radical (unpaired) electrons. The van der Waals surface area contributed by atoms with Gasteiger partial charge in [0.05, 0.1) is 12.2 Å². The summed E-state index contributed by atoms with van der Waals surface area (Å²) in [5.41, 5.74) is 3.82. The summed E-state index contributed by atoms with van der Waals surface area (Å²) in [5, 5.41) is 3.33. The van der Waals surface area contributed by atoms with Gasteiger partial charge in [-0.15, -0.1) is 11.3 Å². The molecule has 1 saturated heterocycles. The van der Waals surface area contributed by atoms with Gasteiger partial charge >= 0.3 is 0 Å². The van der Waals surface area contributed by atoms with Crippen molar-refractivity contribution < 1.29 is 4.79 Å². The second-order valence-electron chi connectivity index (χ2n) is 7.43. The van der Waals surface area contributed by atoms with Crippen LogP contribution in [0.2, 0.25) is 0 Å². The Labute approximate surface area is 166 Å². The standard InChI is InChI=1S/C21H22N4O2S/c26-19-6-3-11-24(19)16-9-7-14(8-10-16)22-13-15-12-20(27)25-17-4-1-2-5-18(17)28-21(25)23-15/h7-10,12,22H,1-6,11,13H2. The van der Waals surface area contributed by atoms with Crippen LogP contribution in [0.1, 0.15) is 41.9 Å². The number of carbonyl (C=O) groups is 1. The minimum absolute atomic E-state index is 0.0177. The number of thiazole rings is 1. The summed E-state index contributed by atoms with van der Waals surface area (Å²) in [5.74, 6) is 0.192. The second-order valence-corrected chi connectivity index (χ2v) is 8.49. The lowest BCUT2D eigenvalue weighted by atomic mass is 10.0. The van der Waals surface area contributed by atoms with Crippen LogP contribution < -0.4 is 15.8 Å². The van der Waals surface area contributed by atoms with Crippen molar-refractivity contribution in [2.75, 3.05) is 16.8 Å². The van der Waals surface area contributed by atoms with Gasteiger partial charge in [0.15, 0.2) is 4.96 Å². The maximum absolute atomic E-state index is 12.6. The summed E-state index contributed by atoms with van der Waals surface area (Å²) in [6.45, 7) is 1.29. The van der Waals surface area contributed by atoms with E-state index >= 15 is 0 Å². The van der Waals surface area contributed by atoms with E-state index in [1.807, 2.05) is 29.2 Å². The Hall–Kier alpha value is -2.67. The largest absolute Gasteiger partial charge is 0.379 e. The van der Waals surface area contributed by atoms with Crippen molar-refractivity contribution in [1.82, 2.24) is 9.38 Å². The van der Waals surface area contributed by atoms with E-state index in [1.165, 1.54) is 11.3 Å². The molecule has 3 aromatic rings. The van der Waals surface area contributed by atoms with Gasteiger partial charge < -0.3 is 10.2 Å². The number of hydrogen-bond acceptors (Lipinski definition) is 5. The van der Waals surface area contributed by atoms with Gasteiger partial charge in [-0.1, -0.05) is 0 Å². The lowest BCUT2D eigenvalue weighted by Gasteiger charge is -2.16. The van der Waals surface area contributed by atoms with Gasteiger partial charge in [0.25, 0.3) is 5.56 Å². The molecule has 1 N–H and O–H groups in total. The SMILES string of the molecule is O=C1CCCN1c1ccc(NCc2cc(=O)n3c4c(sc3n2)CCCC4)cc1. The van der Waals surface area contributed by atoms with Gasteiger partial charge in [-0.3, -0.25) is 14.0 Å². The summed E-state index contributed by atoms with van der Waals surface area (Å²) >= 11 is 1.65. The average Bonchev–Trinajstić information content (AvgIpc) is 3.30. The van der Waals surface area contributed by atoms with E-state index < -0.39 is 0 Å². The molecule has 1 fully saturated rings. The first-order chi connectivity index (χ1) is 13.7. The van der Waals surface area contributed by atoms with Gasteiger partial charge in [0.2, 0.25) is 5.91 Å². The summed E-state index contributed by atoms with van der Waals surface area (Å²) in [6, 6.07) is 9.50. The molecule has 144 valence electrons. The number of hydrogen-bond donors (Lipinski definition) is 1. The van der Waals surface area contributed by atoms with E-state index in [1.54, 1.807) is 21.8 Å². The number of aryl methyl sites for hydroxylation is 2. The predicted octanol–water partition coefficient (Wildman–Crippen LogP) is 3.37. The van der Waals surface area contributed by atoms with Crippen LogP contribution in [0.25, 0.3) is 4.96 Å². The predicted molar refractivity (Wildman–Crippen MR) is 111 cm³/mol. The maximum Gasteiger partial charge on any atom is 0.259 e. The normalized spacial score (nSPS) is 16.6. The Morgan fingerprint density at radius 1 is 1.04 bits per heavy atom. The van der Waals surface area contributed by atoms with Crippen molar-refractivity contribution in [1.29, 1.82) is 0 Å². The van der Waals surface area contributed by atoms with Crippen molar-refractivity contribution in [3.63, 3.8) is 0 Å². The first kappa shape index (κ1) is 17.4. The highest BCUT2D eigenvalue weighted by atomic mass is 32.1. The lowest BCUT2D eigenvalue weighted by molar-refractivity contribution is -0.117. The molecule has 7 heteroatoms. The Kier molecular flexibility index (Phi) is 4.39. The second kappa shape index (κ2) is 7.05. The van der Waals surface area contributed by atoms with E-state index in [-0.39, 0.29) is 11.5 Å². The van der Waals surface area contributed by atoms with Crippen LogP contribution >= 0.6 is 11.3 Å². The van der Waals surface area contributed by atoms with Crippen molar-refractivity contribution in [3.05, 3.63) is 57.0 Å². The Morgan fingerprint density at radius 2 is 1.86 bits per heavy atom. The van der Waals surface area contributed by atoms with Crippen LogP contribution in [0, 0.1) is 0 Å². The summed E-state index contributed by atoms with van der Waals surface area (Å²) in [7, 11) is 0. The molecule has 5 rings (SSSR count). The summed E-state index contributed by atoms with van der Waals surface area (Å²) < 4.78 is 1.80. The molecule has 2 aliphatic rings. The number of fused-ring (bicyclic) bond motifs is 3. The molecule has 0 unspecified atom stereocenters. The number of amides is 1. The molecule has 1 amide bonds. The third-order valence-electron chi connectivity index (χ3n) is 5.54. The zero-order chi connectivity index (χ0) is 19.1. The lowest BCUT2D eigenvalue weighted by Crippen LogP contribution is -2.23. The number of anilines is 2. The van der Waals surface area contributed by atoms with Gasteiger partial charge in [-0.25, -0.2) is 4.98 Å². The minimum atomic E-state index is 0.0177. The summed E-state index contributed by atoms with van der Waals surface area (Å²) in [4.78, 5) is 33.1. The molecule has 1 aliphatic carbocycles. The van der Waals surface area contributed by atoms with Crippen molar-refractivity contribution in [2.24, 2.45) is 0 Å². The zero-order valence-electron chi connectivity index (χ0n) is 15.6. The van der Waals surface area contributed by atoms with Crippen molar-refractivity contribution in [2.45, 2.75) is 45.1 Å². The molecule has 3 heterocycles. The number of nitrogens with zero attached hydrogens (tertiary/aromatic N) is 3. The van der Waals surface area contributed by atoms with Crippen LogP contribution in [0.3, 0.4) is 0 Å². The Balaban J connectivity index is 1.33. The Bertz CT molecular complexity index is 1100. The number of nitrogens with one attached hydrogen (secondary N) is 1. The minimum Gasteiger partial charge on any atom is -0.379 e. The first-order valence-corrected chi connectivity index (χ1v) is 10.7. The number of benzene rings is 1. The number of carbonyl (C=O) groups excluding carboxylic acids is 1. The highest BCUT2D eigenvalue weighted by molar-refractivity contribution is 7.17. The van der Waals surface area contributed by atoms with Gasteiger partial charge in [-0.2, -0.15) is 0 Å². The van der Waals surface area contributed by atoms with E-state index in [0.29, 0.717) is 13.0 Å². The quantitative estimate of drug-likeness (QED) is 0.737. The van der Waals surface area contributed by atoms with Gasteiger partial charge in [0, 0.05) is 41.0 Å². The molecule has 6 nitrogen and oxygen atoms in total. The zero-order valence-corrected chi connectivity index (χ0v) is 16.4. The van der Waals surface area contributed by atoms with Gasteiger partial charge in [0.1, 0.15) is 0 Å². The molecule has 1 aliphatic heterocycles. The van der Waals surface area contributed by atoms with E-state index in [9.17, 15) is 9.59 Å². The van der Waals surface area contributed by atoms with Crippen LogP contribution in [-0.2, 0) is 24.2 Å². The number of rotatable bonds is 4. The molecule has 0 atom stereocenters. The first-order valence-electron chi connectivity index (χ1n) is 9.86. The topological polar surface area (TPSA) is 66.7 Å². The fourth-order valence-electron chi connectivity index (χ4n) is 4.11. The maximum atomic E-state index is 12.6. The average molecular weight is 395 g/mol. The smallest absolute Gasteiger partial charge is 0.259 e. The van der Waals surface area contributed by atoms with Gasteiger partial charge in [-0.05, 0) is 56.4 Å². The highest BCUT2D eigenvalue weighted by Crippen LogP contribution is 2.28. The molecular formula is C21H22N4O2S. The molecule has 0 saturated carbocycles. The molecule has 0 spiro atoms. The molecular weight excluding hydrogens is 372 g/mol. The van der Waals surface area contributed by atoms with Crippen LogP contribution in [0.15, 0.2) is 35.1 Å². The number of aromatic nitrogens is 2. The Morgan fingerprint density at radius 3 is 2.64 bits per heavy atom. The third kappa shape index (κ3) is 3.09. The molecule has 0 bridgehead atoms. The molecule has 28 heavy (non-hydrogen) atoms. The van der Waals surface area contributed by atoms with E-state index in [0.717, 1.165) is 60.0 Å². The highest BCUT2D eigenvalue weighted by Gasteiger charge is 2.21. The molecule has 1 aromatic carbocycles. The van der Waals surface area contributed by atoms with Crippen LogP contribution in [0.5, 0.6) is 0 Å². The van der Waals surface area contributed by atoms with Crippen LogP contribution in [-0.4, -0.2) is 21.8 Å². The van der Waals surface area contributed by atoms with E-state index in [4.69, 9.17) is 4.98 Å². The summed E-state index contributed by atoms with van der Waals surface area (Å²) in [6.07, 6.45) is 5.93. The van der Waals surface area contributed by atoms with Crippen molar-refractivity contribution in [3.8, 4) is 0 Å².